The molecule has 0 spiro atoms. The number of benzene rings is 1. The van der Waals surface area contributed by atoms with Crippen molar-refractivity contribution in [1.82, 2.24) is 40.9 Å². The first-order chi connectivity index (χ1) is 18.8. The van der Waals surface area contributed by atoms with Crippen LogP contribution in [0.4, 0.5) is 0 Å². The lowest BCUT2D eigenvalue weighted by molar-refractivity contribution is 0.0849. The number of rotatable bonds is 5. The normalized spacial score (nSPS) is 21.5. The summed E-state index contributed by atoms with van der Waals surface area (Å²) in [6, 6.07) is 6.23. The Kier molecular flexibility index (Phi) is 7.00. The van der Waals surface area contributed by atoms with E-state index in [9.17, 15) is 9.59 Å². The van der Waals surface area contributed by atoms with Crippen LogP contribution >= 0.6 is 22.9 Å². The zero-order valence-corrected chi connectivity index (χ0v) is 23.1. The molecule has 6 rings (SSSR count). The van der Waals surface area contributed by atoms with E-state index in [-0.39, 0.29) is 35.5 Å². The molecule has 0 saturated heterocycles. The summed E-state index contributed by atoms with van der Waals surface area (Å²) >= 11 is 7.47. The Morgan fingerprint density at radius 3 is 2.77 bits per heavy atom. The van der Waals surface area contributed by atoms with Gasteiger partial charge >= 0.3 is 0 Å². The molecular formula is C26H27ClN8O3S. The Bertz CT molecular complexity index is 1560. The summed E-state index contributed by atoms with van der Waals surface area (Å²) in [4.78, 5) is 39.0. The third-order valence-corrected chi connectivity index (χ3v) is 8.59. The molecule has 2 N–H and O–H groups in total. The number of carbonyl (C=O) groups excluding carboxylic acids is 2. The molecule has 4 heterocycles. The Labute approximate surface area is 233 Å². The van der Waals surface area contributed by atoms with Crippen LogP contribution in [0.15, 0.2) is 28.8 Å². The van der Waals surface area contributed by atoms with Crippen molar-refractivity contribution in [2.75, 3.05) is 13.6 Å². The van der Waals surface area contributed by atoms with E-state index in [1.54, 1.807) is 31.2 Å². The lowest BCUT2D eigenvalue weighted by atomic mass is 9.82. The van der Waals surface area contributed by atoms with Crippen LogP contribution in [0.2, 0.25) is 5.02 Å². The van der Waals surface area contributed by atoms with E-state index in [0.717, 1.165) is 41.9 Å². The number of halogens is 1. The average molecular weight is 567 g/mol. The SMILES string of the molecule is Cc1noc([C@H]2CC[C@H](NC(=O)c3cc4ccc(Cl)cc4nn3)[C@@H](NC(=O)c3nc4c(s3)CN(C)CC4)C2)n1. The minimum Gasteiger partial charge on any atom is -0.346 e. The molecule has 39 heavy (non-hydrogen) atoms. The highest BCUT2D eigenvalue weighted by Crippen LogP contribution is 2.33. The predicted octanol–water partition coefficient (Wildman–Crippen LogP) is 3.28. The topological polar surface area (TPSA) is 139 Å². The largest absolute Gasteiger partial charge is 0.346 e. The number of nitrogens with one attached hydrogen (secondary N) is 2. The van der Waals surface area contributed by atoms with E-state index in [0.29, 0.717) is 40.1 Å². The second kappa shape index (κ2) is 10.6. The van der Waals surface area contributed by atoms with Crippen molar-refractivity contribution in [2.24, 2.45) is 0 Å². The van der Waals surface area contributed by atoms with Crippen molar-refractivity contribution in [1.29, 1.82) is 0 Å². The van der Waals surface area contributed by atoms with Gasteiger partial charge in [-0.05, 0) is 51.4 Å². The molecule has 2 aliphatic rings. The molecule has 0 radical (unpaired) electrons. The molecule has 1 aromatic carbocycles. The average Bonchev–Trinajstić information content (AvgIpc) is 3.55. The first-order valence-corrected chi connectivity index (χ1v) is 14.0. The summed E-state index contributed by atoms with van der Waals surface area (Å²) in [5.41, 5.74) is 1.80. The Balaban J connectivity index is 1.21. The van der Waals surface area contributed by atoms with Gasteiger partial charge < -0.3 is 20.1 Å². The molecule has 1 aliphatic heterocycles. The summed E-state index contributed by atoms with van der Waals surface area (Å²) in [7, 11) is 2.06. The molecular weight excluding hydrogens is 540 g/mol. The van der Waals surface area contributed by atoms with Crippen molar-refractivity contribution in [3.63, 3.8) is 0 Å². The number of fused-ring (bicyclic) bond motifs is 2. The molecule has 2 amide bonds. The van der Waals surface area contributed by atoms with E-state index < -0.39 is 0 Å². The molecule has 1 aliphatic carbocycles. The van der Waals surface area contributed by atoms with Gasteiger partial charge in [-0.1, -0.05) is 22.8 Å². The number of nitrogens with zero attached hydrogens (tertiary/aromatic N) is 6. The van der Waals surface area contributed by atoms with Gasteiger partial charge in [0, 0.05) is 46.8 Å². The quantitative estimate of drug-likeness (QED) is 0.372. The number of thiazole rings is 1. The fourth-order valence-corrected chi connectivity index (χ4v) is 6.48. The van der Waals surface area contributed by atoms with Crippen molar-refractivity contribution in [2.45, 2.75) is 57.2 Å². The Morgan fingerprint density at radius 1 is 1.10 bits per heavy atom. The van der Waals surface area contributed by atoms with Crippen molar-refractivity contribution >= 4 is 45.7 Å². The van der Waals surface area contributed by atoms with Gasteiger partial charge in [-0.15, -0.1) is 21.5 Å². The van der Waals surface area contributed by atoms with E-state index >= 15 is 0 Å². The fourth-order valence-electron chi connectivity index (χ4n) is 5.22. The van der Waals surface area contributed by atoms with Crippen LogP contribution in [0.25, 0.3) is 10.9 Å². The first kappa shape index (κ1) is 25.8. The Hall–Kier alpha value is -3.48. The maximum absolute atomic E-state index is 13.4. The number of hydrogen-bond donors (Lipinski definition) is 2. The van der Waals surface area contributed by atoms with Crippen LogP contribution in [-0.4, -0.2) is 67.7 Å². The molecule has 13 heteroatoms. The van der Waals surface area contributed by atoms with Crippen LogP contribution in [0, 0.1) is 6.92 Å². The summed E-state index contributed by atoms with van der Waals surface area (Å²) in [6.07, 6.45) is 2.70. The molecule has 1 saturated carbocycles. The van der Waals surface area contributed by atoms with Crippen molar-refractivity contribution < 1.29 is 14.1 Å². The number of amides is 2. The smallest absolute Gasteiger partial charge is 0.280 e. The molecule has 3 aromatic heterocycles. The molecule has 0 bridgehead atoms. The van der Waals surface area contributed by atoms with Gasteiger partial charge in [0.1, 0.15) is 0 Å². The zero-order valence-electron chi connectivity index (χ0n) is 21.5. The number of aryl methyl sites for hydroxylation is 1. The van der Waals surface area contributed by atoms with Crippen molar-refractivity contribution in [3.8, 4) is 0 Å². The summed E-state index contributed by atoms with van der Waals surface area (Å²) < 4.78 is 5.44. The monoisotopic (exact) mass is 566 g/mol. The van der Waals surface area contributed by atoms with Crippen LogP contribution in [-0.2, 0) is 13.0 Å². The molecule has 11 nitrogen and oxygen atoms in total. The highest BCUT2D eigenvalue weighted by Gasteiger charge is 2.36. The van der Waals surface area contributed by atoms with E-state index in [1.165, 1.54) is 11.3 Å². The van der Waals surface area contributed by atoms with Crippen LogP contribution in [0.5, 0.6) is 0 Å². The Morgan fingerprint density at radius 2 is 1.95 bits per heavy atom. The van der Waals surface area contributed by atoms with E-state index in [2.05, 4.69) is 47.9 Å². The van der Waals surface area contributed by atoms with Gasteiger partial charge in [0.25, 0.3) is 11.8 Å². The van der Waals surface area contributed by atoms with Gasteiger partial charge in [0.05, 0.1) is 17.3 Å². The number of carbonyl (C=O) groups is 2. The fraction of sp³-hybridized carbons (Fsp3) is 0.423. The zero-order chi connectivity index (χ0) is 27.1. The van der Waals surface area contributed by atoms with Crippen LogP contribution < -0.4 is 10.6 Å². The summed E-state index contributed by atoms with van der Waals surface area (Å²) in [5, 5.41) is 20.2. The third kappa shape index (κ3) is 5.49. The predicted molar refractivity (Wildman–Crippen MR) is 145 cm³/mol. The molecule has 202 valence electrons. The summed E-state index contributed by atoms with van der Waals surface area (Å²) in [5.74, 6) is 0.473. The van der Waals surface area contributed by atoms with E-state index in [1.807, 2.05) is 0 Å². The number of likely N-dealkylation sites (N-methyl/N-ethyl adjacent to an activating group) is 1. The molecule has 3 atom stereocenters. The minimum atomic E-state index is -0.372. The third-order valence-electron chi connectivity index (χ3n) is 7.27. The van der Waals surface area contributed by atoms with E-state index in [4.69, 9.17) is 16.1 Å². The summed E-state index contributed by atoms with van der Waals surface area (Å²) in [6.45, 7) is 3.49. The minimum absolute atomic E-state index is 0.0342. The number of aromatic nitrogens is 5. The second-order valence-corrected chi connectivity index (χ2v) is 11.7. The lowest BCUT2D eigenvalue weighted by Gasteiger charge is -2.35. The highest BCUT2D eigenvalue weighted by molar-refractivity contribution is 7.13. The second-order valence-electron chi connectivity index (χ2n) is 10.2. The van der Waals surface area contributed by atoms with Gasteiger partial charge in [-0.2, -0.15) is 4.98 Å². The molecule has 1 fully saturated rings. The van der Waals surface area contributed by atoms with Gasteiger partial charge in [0.15, 0.2) is 16.5 Å². The van der Waals surface area contributed by atoms with Gasteiger partial charge in [0.2, 0.25) is 5.89 Å². The molecule has 4 aromatic rings. The first-order valence-electron chi connectivity index (χ1n) is 12.8. The van der Waals surface area contributed by atoms with Gasteiger partial charge in [-0.3, -0.25) is 9.59 Å². The lowest BCUT2D eigenvalue weighted by Crippen LogP contribution is -2.54. The van der Waals surface area contributed by atoms with Gasteiger partial charge in [-0.25, -0.2) is 4.98 Å². The maximum atomic E-state index is 13.4. The highest BCUT2D eigenvalue weighted by atomic mass is 35.5. The number of hydrogen-bond acceptors (Lipinski definition) is 10. The van der Waals surface area contributed by atoms with Crippen LogP contribution in [0.3, 0.4) is 0 Å². The standard InChI is InChI=1S/C26H27ClN8O3S/c1-13-28-25(38-34-13)15-4-6-17(29-23(36)21-9-14-3-5-16(27)11-19(14)32-33-21)20(10-15)30-24(37)26-31-18-7-8-35(2)12-22(18)39-26/h3,5,9,11,15,17,20H,4,6-8,10,12H2,1-2H3,(H,29,36)(H,30,37)/t15-,17-,20-/m0/s1. The maximum Gasteiger partial charge on any atom is 0.280 e. The van der Waals surface area contributed by atoms with Crippen molar-refractivity contribution in [3.05, 3.63) is 62.3 Å². The molecule has 0 unspecified atom stereocenters. The van der Waals surface area contributed by atoms with Crippen LogP contribution in [0.1, 0.15) is 67.8 Å².